The summed E-state index contributed by atoms with van der Waals surface area (Å²) in [4.78, 5) is 23.0. The number of ether oxygens (including phenoxy) is 3. The zero-order valence-electron chi connectivity index (χ0n) is 12.1. The van der Waals surface area contributed by atoms with E-state index in [1.165, 1.54) is 14.2 Å². The second-order valence-corrected chi connectivity index (χ2v) is 4.44. The van der Waals surface area contributed by atoms with Crippen molar-refractivity contribution in [2.45, 2.75) is 0 Å². The van der Waals surface area contributed by atoms with E-state index in [2.05, 4.69) is 0 Å². The minimum Gasteiger partial charge on any atom is -0.492 e. The van der Waals surface area contributed by atoms with Crippen LogP contribution in [0, 0.1) is 20.2 Å². The van der Waals surface area contributed by atoms with Gasteiger partial charge in [-0.05, 0) is 0 Å². The first kappa shape index (κ1) is 15.8. The van der Waals surface area contributed by atoms with E-state index < -0.39 is 21.2 Å². The van der Waals surface area contributed by atoms with Gasteiger partial charge in [0.1, 0.15) is 0 Å². The molecule has 0 spiro atoms. The topological polar surface area (TPSA) is 117 Å². The van der Waals surface area contributed by atoms with Gasteiger partial charge in [-0.2, -0.15) is 0 Å². The molecule has 1 fully saturated rings. The van der Waals surface area contributed by atoms with Gasteiger partial charge >= 0.3 is 11.4 Å². The molecule has 0 amide bonds. The van der Waals surface area contributed by atoms with Crippen LogP contribution in [0.1, 0.15) is 0 Å². The van der Waals surface area contributed by atoms with Crippen LogP contribution in [0.5, 0.6) is 11.5 Å². The molecule has 10 nitrogen and oxygen atoms in total. The molecular formula is C12H15N3O7. The monoisotopic (exact) mass is 313 g/mol. The molecule has 120 valence electrons. The standard InChI is InChI=1S/C12H15N3O7/c1-20-9-7-8(14(16)17)10(13-3-5-22-6-4-13)11(15(18)19)12(9)21-2/h7H,3-6H2,1-2H3. The first-order chi connectivity index (χ1) is 10.5. The molecule has 0 unspecified atom stereocenters. The van der Waals surface area contributed by atoms with Gasteiger partial charge < -0.3 is 19.1 Å². The average Bonchev–Trinajstić information content (AvgIpc) is 2.53. The molecule has 1 aromatic carbocycles. The Bertz CT molecular complexity index is 599. The van der Waals surface area contributed by atoms with Gasteiger partial charge in [0.05, 0.1) is 43.3 Å². The summed E-state index contributed by atoms with van der Waals surface area (Å²) in [6.07, 6.45) is 0. The maximum Gasteiger partial charge on any atom is 0.345 e. The van der Waals surface area contributed by atoms with Crippen molar-refractivity contribution in [3.05, 3.63) is 26.3 Å². The summed E-state index contributed by atoms with van der Waals surface area (Å²) in [6.45, 7) is 1.31. The number of morpholine rings is 1. The fraction of sp³-hybridized carbons (Fsp3) is 0.500. The van der Waals surface area contributed by atoms with E-state index in [4.69, 9.17) is 14.2 Å². The maximum atomic E-state index is 11.5. The number of nitro groups is 2. The van der Waals surface area contributed by atoms with Crippen molar-refractivity contribution in [2.75, 3.05) is 45.4 Å². The molecule has 1 saturated heterocycles. The maximum absolute atomic E-state index is 11.5. The van der Waals surface area contributed by atoms with Gasteiger partial charge in [0.25, 0.3) is 0 Å². The Morgan fingerprint density at radius 3 is 2.23 bits per heavy atom. The first-order valence-corrected chi connectivity index (χ1v) is 6.41. The molecule has 22 heavy (non-hydrogen) atoms. The number of rotatable bonds is 5. The summed E-state index contributed by atoms with van der Waals surface area (Å²) in [5.41, 5.74) is -0.961. The molecule has 0 saturated carbocycles. The largest absolute Gasteiger partial charge is 0.492 e. The van der Waals surface area contributed by atoms with E-state index in [9.17, 15) is 20.2 Å². The van der Waals surface area contributed by atoms with E-state index in [1.54, 1.807) is 4.90 Å². The van der Waals surface area contributed by atoms with Crippen LogP contribution in [-0.2, 0) is 4.74 Å². The van der Waals surface area contributed by atoms with Gasteiger partial charge in [-0.15, -0.1) is 0 Å². The normalized spacial score (nSPS) is 14.5. The Hall–Kier alpha value is -2.62. The quantitative estimate of drug-likeness (QED) is 0.590. The van der Waals surface area contributed by atoms with Gasteiger partial charge in [0.15, 0.2) is 11.4 Å². The number of benzene rings is 1. The van der Waals surface area contributed by atoms with E-state index >= 15 is 0 Å². The summed E-state index contributed by atoms with van der Waals surface area (Å²) in [5, 5.41) is 22.8. The molecule has 2 rings (SSSR count). The lowest BCUT2D eigenvalue weighted by Gasteiger charge is -2.28. The van der Waals surface area contributed by atoms with E-state index in [-0.39, 0.29) is 17.2 Å². The lowest BCUT2D eigenvalue weighted by atomic mass is 10.1. The average molecular weight is 313 g/mol. The number of methoxy groups -OCH3 is 2. The van der Waals surface area contributed by atoms with Gasteiger partial charge in [-0.1, -0.05) is 0 Å². The van der Waals surface area contributed by atoms with Crippen molar-refractivity contribution in [2.24, 2.45) is 0 Å². The highest BCUT2D eigenvalue weighted by Gasteiger charge is 2.37. The van der Waals surface area contributed by atoms with Crippen LogP contribution < -0.4 is 14.4 Å². The van der Waals surface area contributed by atoms with Crippen LogP contribution in [0.3, 0.4) is 0 Å². The van der Waals surface area contributed by atoms with Crippen molar-refractivity contribution in [1.82, 2.24) is 0 Å². The zero-order chi connectivity index (χ0) is 16.3. The molecule has 0 bridgehead atoms. The van der Waals surface area contributed by atoms with Crippen LogP contribution >= 0.6 is 0 Å². The van der Waals surface area contributed by atoms with E-state index in [0.29, 0.717) is 26.3 Å². The number of anilines is 1. The third-order valence-electron chi connectivity index (χ3n) is 3.30. The summed E-state index contributed by atoms with van der Waals surface area (Å²) in [7, 11) is 2.51. The highest BCUT2D eigenvalue weighted by molar-refractivity contribution is 5.83. The molecule has 10 heteroatoms. The number of nitrogens with zero attached hydrogens (tertiary/aromatic N) is 3. The summed E-state index contributed by atoms with van der Waals surface area (Å²) in [5.74, 6) is -0.197. The molecular weight excluding hydrogens is 298 g/mol. The fourth-order valence-electron chi connectivity index (χ4n) is 2.36. The van der Waals surface area contributed by atoms with Crippen LogP contribution in [0.25, 0.3) is 0 Å². The Balaban J connectivity index is 2.75. The molecule has 0 aromatic heterocycles. The molecule has 1 aromatic rings. The Morgan fingerprint density at radius 1 is 1.14 bits per heavy atom. The summed E-state index contributed by atoms with van der Waals surface area (Å²) >= 11 is 0. The van der Waals surface area contributed by atoms with Crippen molar-refractivity contribution in [3.63, 3.8) is 0 Å². The van der Waals surface area contributed by atoms with E-state index in [0.717, 1.165) is 6.07 Å². The van der Waals surface area contributed by atoms with Gasteiger partial charge in [-0.25, -0.2) is 0 Å². The van der Waals surface area contributed by atoms with E-state index in [1.807, 2.05) is 0 Å². The summed E-state index contributed by atoms with van der Waals surface area (Å²) < 4.78 is 15.2. The second-order valence-electron chi connectivity index (χ2n) is 4.44. The molecule has 1 aliphatic heterocycles. The first-order valence-electron chi connectivity index (χ1n) is 6.41. The number of hydrogen-bond donors (Lipinski definition) is 0. The number of hydrogen-bond acceptors (Lipinski definition) is 8. The molecule has 0 radical (unpaired) electrons. The molecule has 0 aliphatic carbocycles. The van der Waals surface area contributed by atoms with Crippen LogP contribution in [-0.4, -0.2) is 50.4 Å². The van der Waals surface area contributed by atoms with Gasteiger partial charge in [-0.3, -0.25) is 20.2 Å². The third-order valence-corrected chi connectivity index (χ3v) is 3.30. The molecule has 0 atom stereocenters. The SMILES string of the molecule is COc1cc([N+](=O)[O-])c(N2CCOCC2)c([N+](=O)[O-])c1OC. The van der Waals surface area contributed by atoms with Gasteiger partial charge in [0, 0.05) is 13.1 Å². The molecule has 0 N–H and O–H groups in total. The zero-order valence-corrected chi connectivity index (χ0v) is 12.1. The Morgan fingerprint density at radius 2 is 1.77 bits per heavy atom. The van der Waals surface area contributed by atoms with Crippen molar-refractivity contribution in [3.8, 4) is 11.5 Å². The molecule has 1 aliphatic rings. The van der Waals surface area contributed by atoms with Crippen LogP contribution in [0.4, 0.5) is 17.1 Å². The van der Waals surface area contributed by atoms with Gasteiger partial charge in [0.2, 0.25) is 5.75 Å². The van der Waals surface area contributed by atoms with Crippen LogP contribution in [0.2, 0.25) is 0 Å². The van der Waals surface area contributed by atoms with Crippen LogP contribution in [0.15, 0.2) is 6.07 Å². The Labute approximate surface area is 125 Å². The van der Waals surface area contributed by atoms with Crippen molar-refractivity contribution >= 4 is 17.1 Å². The predicted octanol–water partition coefficient (Wildman–Crippen LogP) is 1.36. The fourth-order valence-corrected chi connectivity index (χ4v) is 2.36. The molecule has 1 heterocycles. The smallest absolute Gasteiger partial charge is 0.345 e. The minimum absolute atomic E-state index is 0.0575. The van der Waals surface area contributed by atoms with Crippen molar-refractivity contribution < 1.29 is 24.1 Å². The lowest BCUT2D eigenvalue weighted by molar-refractivity contribution is -0.393. The van der Waals surface area contributed by atoms with Crippen molar-refractivity contribution in [1.29, 1.82) is 0 Å². The highest BCUT2D eigenvalue weighted by atomic mass is 16.6. The lowest BCUT2D eigenvalue weighted by Crippen LogP contribution is -2.37. The minimum atomic E-state index is -0.695. The summed E-state index contributed by atoms with van der Waals surface area (Å²) in [6, 6.07) is 1.14. The Kier molecular flexibility index (Phi) is 4.61. The highest BCUT2D eigenvalue weighted by Crippen LogP contribution is 2.49. The number of nitro benzene ring substituents is 2. The third kappa shape index (κ3) is 2.72. The predicted molar refractivity (Wildman–Crippen MR) is 75.9 cm³/mol. The second kappa shape index (κ2) is 6.43.